The highest BCUT2D eigenvalue weighted by Crippen LogP contribution is 2.29. The summed E-state index contributed by atoms with van der Waals surface area (Å²) in [7, 11) is 2.02. The van der Waals surface area contributed by atoms with Gasteiger partial charge in [0.1, 0.15) is 0 Å². The Kier molecular flexibility index (Phi) is 6.97. The lowest BCUT2D eigenvalue weighted by Crippen LogP contribution is -2.48. The molecule has 5 rings (SSSR count). The minimum atomic E-state index is 0.124. The molecule has 4 heterocycles. The summed E-state index contributed by atoms with van der Waals surface area (Å²) in [5.74, 6) is 0. The van der Waals surface area contributed by atoms with Crippen LogP contribution < -0.4 is 10.3 Å². The van der Waals surface area contributed by atoms with Crippen LogP contribution in [-0.4, -0.2) is 38.6 Å². The van der Waals surface area contributed by atoms with Gasteiger partial charge in [-0.15, -0.1) is 0 Å². The van der Waals surface area contributed by atoms with Gasteiger partial charge in [0.25, 0.3) is 0 Å². The quantitative estimate of drug-likeness (QED) is 0.347. The van der Waals surface area contributed by atoms with Gasteiger partial charge >= 0.3 is 0 Å². The van der Waals surface area contributed by atoms with Crippen LogP contribution in [0, 0.1) is 6.92 Å². The van der Waals surface area contributed by atoms with E-state index in [1.807, 2.05) is 63.0 Å². The number of benzene rings is 1. The van der Waals surface area contributed by atoms with Crippen LogP contribution in [0.4, 0.5) is 5.69 Å². The zero-order valence-corrected chi connectivity index (χ0v) is 21.8. The Morgan fingerprint density at radius 2 is 2.00 bits per heavy atom. The van der Waals surface area contributed by atoms with Crippen molar-refractivity contribution in [3.8, 4) is 0 Å². The molecule has 0 unspecified atom stereocenters. The summed E-state index contributed by atoms with van der Waals surface area (Å²) in [6.07, 6.45) is 9.78. The summed E-state index contributed by atoms with van der Waals surface area (Å²) in [6.45, 7) is 5.32. The van der Waals surface area contributed by atoms with Crippen LogP contribution in [-0.2, 0) is 20.1 Å². The molecular formula is C28H30BrN5O. The first-order valence-electron chi connectivity index (χ1n) is 12.1. The number of halogens is 1. The van der Waals surface area contributed by atoms with Crippen molar-refractivity contribution in [1.82, 2.24) is 19.4 Å². The van der Waals surface area contributed by atoms with Crippen molar-refractivity contribution in [2.45, 2.75) is 38.9 Å². The van der Waals surface area contributed by atoms with Crippen molar-refractivity contribution in [2.75, 3.05) is 18.0 Å². The van der Waals surface area contributed by atoms with Crippen molar-refractivity contribution in [2.24, 2.45) is 7.05 Å². The third-order valence-electron chi connectivity index (χ3n) is 6.89. The van der Waals surface area contributed by atoms with Crippen LogP contribution in [0.1, 0.15) is 29.7 Å². The zero-order valence-electron chi connectivity index (χ0n) is 20.2. The lowest BCUT2D eigenvalue weighted by atomic mass is 10.0. The molecule has 1 atom stereocenters. The second kappa shape index (κ2) is 10.3. The van der Waals surface area contributed by atoms with E-state index in [0.29, 0.717) is 12.6 Å². The van der Waals surface area contributed by atoms with Gasteiger partial charge in [-0.25, -0.2) is 0 Å². The largest absolute Gasteiger partial charge is 0.369 e. The highest BCUT2D eigenvalue weighted by molar-refractivity contribution is 9.10. The molecule has 0 spiro atoms. The number of pyridine rings is 3. The van der Waals surface area contributed by atoms with E-state index in [4.69, 9.17) is 0 Å². The van der Waals surface area contributed by atoms with Crippen molar-refractivity contribution in [3.05, 3.63) is 98.8 Å². The summed E-state index contributed by atoms with van der Waals surface area (Å²) in [5, 5.41) is 0.776. The van der Waals surface area contributed by atoms with Gasteiger partial charge in [0.2, 0.25) is 0 Å². The summed E-state index contributed by atoms with van der Waals surface area (Å²) in [5.41, 5.74) is 5.32. The Morgan fingerprint density at radius 1 is 1.14 bits per heavy atom. The molecule has 6 nitrogen and oxygen atoms in total. The zero-order chi connectivity index (χ0) is 24.4. The molecular weight excluding hydrogens is 502 g/mol. The molecule has 35 heavy (non-hydrogen) atoms. The number of anilines is 1. The van der Waals surface area contributed by atoms with E-state index in [0.717, 1.165) is 59.1 Å². The second-order valence-corrected chi connectivity index (χ2v) is 10.2. The second-order valence-electron chi connectivity index (χ2n) is 9.39. The molecule has 3 aromatic heterocycles. The fourth-order valence-electron chi connectivity index (χ4n) is 5.19. The maximum absolute atomic E-state index is 13.5. The summed E-state index contributed by atoms with van der Waals surface area (Å²) in [6, 6.07) is 14.5. The van der Waals surface area contributed by atoms with Crippen LogP contribution in [0.2, 0.25) is 0 Å². The average molecular weight is 532 g/mol. The van der Waals surface area contributed by atoms with Crippen LogP contribution >= 0.6 is 15.9 Å². The molecule has 1 saturated heterocycles. The lowest BCUT2D eigenvalue weighted by Gasteiger charge is -2.40. The van der Waals surface area contributed by atoms with Crippen LogP contribution in [0.15, 0.2) is 76.5 Å². The van der Waals surface area contributed by atoms with Gasteiger partial charge < -0.3 is 9.47 Å². The fourth-order valence-corrected chi connectivity index (χ4v) is 5.69. The van der Waals surface area contributed by atoms with Crippen molar-refractivity contribution >= 4 is 32.5 Å². The van der Waals surface area contributed by atoms with Gasteiger partial charge in [-0.1, -0.05) is 12.1 Å². The van der Waals surface area contributed by atoms with Crippen LogP contribution in [0.25, 0.3) is 10.9 Å². The third-order valence-corrected chi connectivity index (χ3v) is 7.51. The van der Waals surface area contributed by atoms with Gasteiger partial charge in [-0.05, 0) is 71.6 Å². The fraction of sp³-hybridized carbons (Fsp3) is 0.321. The van der Waals surface area contributed by atoms with E-state index in [9.17, 15) is 4.79 Å². The first-order valence-corrected chi connectivity index (χ1v) is 12.9. The average Bonchev–Trinajstić information content (AvgIpc) is 2.87. The highest BCUT2D eigenvalue weighted by Gasteiger charge is 2.27. The smallest absolute Gasteiger partial charge is 0.193 e. The Labute approximate surface area is 214 Å². The van der Waals surface area contributed by atoms with Crippen LogP contribution in [0.5, 0.6) is 0 Å². The molecule has 0 radical (unpaired) electrons. The molecule has 180 valence electrons. The Balaban J connectivity index is 1.49. The molecule has 4 aromatic rings. The molecule has 1 aliphatic rings. The molecule has 1 aliphatic heterocycles. The molecule has 7 heteroatoms. The first kappa shape index (κ1) is 23.7. The standard InChI is InChI=1S/C28H30BrN5O/c1-20-14-21(9-12-31-20)16-34(18-22-17-32(2)26-8-4-3-7-24(26)28(22)35)23-6-5-13-33(19-23)27-10-11-30-15-25(27)29/h3-4,7-12,14-15,17,23H,5-6,13,16,18-19H2,1-2H3/t23-/m0/s1. The van der Waals surface area contributed by atoms with Crippen molar-refractivity contribution in [3.63, 3.8) is 0 Å². The number of para-hydroxylation sites is 1. The Morgan fingerprint density at radius 3 is 2.83 bits per heavy atom. The van der Waals surface area contributed by atoms with Crippen molar-refractivity contribution in [1.29, 1.82) is 0 Å². The third kappa shape index (κ3) is 5.16. The summed E-state index contributed by atoms with van der Waals surface area (Å²) in [4.78, 5) is 27.0. The predicted molar refractivity (Wildman–Crippen MR) is 145 cm³/mol. The van der Waals surface area contributed by atoms with E-state index >= 15 is 0 Å². The molecule has 0 saturated carbocycles. The van der Waals surface area contributed by atoms with Crippen LogP contribution in [0.3, 0.4) is 0 Å². The maximum Gasteiger partial charge on any atom is 0.193 e. The molecule has 0 bridgehead atoms. The number of rotatable bonds is 6. The highest BCUT2D eigenvalue weighted by atomic mass is 79.9. The number of aromatic nitrogens is 3. The van der Waals surface area contributed by atoms with E-state index in [1.165, 1.54) is 11.3 Å². The summed E-state index contributed by atoms with van der Waals surface area (Å²) >= 11 is 3.68. The van der Waals surface area contributed by atoms with E-state index in [-0.39, 0.29) is 5.43 Å². The molecule has 0 aliphatic carbocycles. The van der Waals surface area contributed by atoms with E-state index < -0.39 is 0 Å². The van der Waals surface area contributed by atoms with Gasteiger partial charge in [-0.2, -0.15) is 0 Å². The number of hydrogen-bond acceptors (Lipinski definition) is 5. The van der Waals surface area contributed by atoms with Gasteiger partial charge in [0.15, 0.2) is 5.43 Å². The monoisotopic (exact) mass is 531 g/mol. The molecule has 0 N–H and O–H groups in total. The number of fused-ring (bicyclic) bond motifs is 1. The number of nitrogens with zero attached hydrogens (tertiary/aromatic N) is 5. The predicted octanol–water partition coefficient (Wildman–Crippen LogP) is 5.07. The Bertz CT molecular complexity index is 1400. The minimum absolute atomic E-state index is 0.124. The molecule has 1 aromatic carbocycles. The Hall–Kier alpha value is -3.03. The summed E-state index contributed by atoms with van der Waals surface area (Å²) < 4.78 is 3.09. The van der Waals surface area contributed by atoms with Gasteiger partial charge in [0, 0.05) is 80.7 Å². The van der Waals surface area contributed by atoms with E-state index in [2.05, 4.69) is 58.5 Å². The topological polar surface area (TPSA) is 54.3 Å². The number of aryl methyl sites for hydroxylation is 2. The van der Waals surface area contributed by atoms with Gasteiger partial charge in [0.05, 0.1) is 15.7 Å². The van der Waals surface area contributed by atoms with E-state index in [1.54, 1.807) is 0 Å². The minimum Gasteiger partial charge on any atom is -0.369 e. The van der Waals surface area contributed by atoms with Gasteiger partial charge in [-0.3, -0.25) is 19.7 Å². The SMILES string of the molecule is Cc1cc(CN(Cc2cn(C)c3ccccc3c2=O)[C@H]2CCCN(c3ccncc3Br)C2)ccn1. The molecule has 1 fully saturated rings. The molecule has 0 amide bonds. The number of piperidine rings is 1. The normalized spacial score (nSPS) is 16.2. The lowest BCUT2D eigenvalue weighted by molar-refractivity contribution is 0.158. The van der Waals surface area contributed by atoms with Crippen molar-refractivity contribution < 1.29 is 0 Å². The first-order chi connectivity index (χ1) is 17.0. The number of hydrogen-bond donors (Lipinski definition) is 0. The maximum atomic E-state index is 13.5.